The number of anilines is 1. The lowest BCUT2D eigenvalue weighted by molar-refractivity contribution is 0.0370. The van der Waals surface area contributed by atoms with Gasteiger partial charge in [-0.3, -0.25) is 10.2 Å². The maximum absolute atomic E-state index is 12.6. The first-order valence-corrected chi connectivity index (χ1v) is 8.03. The molecule has 0 aliphatic carbocycles. The zero-order valence-corrected chi connectivity index (χ0v) is 13.7. The molecule has 1 heterocycles. The molecule has 1 aliphatic heterocycles. The number of rotatable bonds is 4. The number of hydrazine groups is 1. The number of halogens is 1. The van der Waals surface area contributed by atoms with Crippen molar-refractivity contribution in [2.45, 2.75) is 52.1 Å². The van der Waals surface area contributed by atoms with E-state index in [9.17, 15) is 4.79 Å². The Bertz CT molecular complexity index is 496. The number of carbonyl (C=O) groups is 1. The lowest BCUT2D eigenvalue weighted by Gasteiger charge is -2.38. The van der Waals surface area contributed by atoms with Crippen molar-refractivity contribution in [1.82, 2.24) is 10.4 Å². The number of hydrogen-bond acceptors (Lipinski definition) is 3. The van der Waals surface area contributed by atoms with Gasteiger partial charge in [-0.05, 0) is 51.8 Å². The number of carbonyl (C=O) groups excluding carboxylic acids is 1. The van der Waals surface area contributed by atoms with E-state index in [0.717, 1.165) is 25.1 Å². The molecule has 1 aromatic carbocycles. The molecular weight excluding hydrogens is 286 g/mol. The summed E-state index contributed by atoms with van der Waals surface area (Å²) in [6, 6.07) is 6.08. The summed E-state index contributed by atoms with van der Waals surface area (Å²) in [5, 5.41) is 5.85. The van der Waals surface area contributed by atoms with Crippen LogP contribution < -0.4 is 10.7 Å². The van der Waals surface area contributed by atoms with Crippen LogP contribution in [0, 0.1) is 0 Å². The number of amides is 1. The van der Waals surface area contributed by atoms with E-state index >= 15 is 0 Å². The molecule has 21 heavy (non-hydrogen) atoms. The molecule has 2 unspecified atom stereocenters. The molecule has 2 atom stereocenters. The Hall–Kier alpha value is -1.26. The fourth-order valence-corrected chi connectivity index (χ4v) is 3.04. The minimum absolute atomic E-state index is 0.103. The van der Waals surface area contributed by atoms with Crippen LogP contribution in [0.1, 0.15) is 50.4 Å². The second-order valence-corrected chi connectivity index (χ2v) is 6.13. The molecule has 2 N–H and O–H groups in total. The SMILES string of the molecule is CCNc1ccc(Cl)cc1C(=O)NN1C(C)CCCC1C. The van der Waals surface area contributed by atoms with E-state index in [1.54, 1.807) is 12.1 Å². The third-order valence-electron chi connectivity index (χ3n) is 4.02. The molecule has 1 aliphatic rings. The van der Waals surface area contributed by atoms with Crippen LogP contribution in [0.25, 0.3) is 0 Å². The summed E-state index contributed by atoms with van der Waals surface area (Å²) in [6.45, 7) is 7.07. The van der Waals surface area contributed by atoms with Crippen molar-refractivity contribution >= 4 is 23.2 Å². The summed E-state index contributed by atoms with van der Waals surface area (Å²) in [7, 11) is 0. The molecule has 0 spiro atoms. The third kappa shape index (κ3) is 3.89. The topological polar surface area (TPSA) is 44.4 Å². The average molecular weight is 310 g/mol. The number of nitrogens with zero attached hydrogens (tertiary/aromatic N) is 1. The number of benzene rings is 1. The van der Waals surface area contributed by atoms with Crippen LogP contribution in [0.15, 0.2) is 18.2 Å². The summed E-state index contributed by atoms with van der Waals surface area (Å²) in [6.07, 6.45) is 3.44. The quantitative estimate of drug-likeness (QED) is 0.891. The van der Waals surface area contributed by atoms with Crippen molar-refractivity contribution in [1.29, 1.82) is 0 Å². The molecule has 5 heteroatoms. The van der Waals surface area contributed by atoms with Crippen molar-refractivity contribution in [2.24, 2.45) is 0 Å². The smallest absolute Gasteiger partial charge is 0.267 e. The van der Waals surface area contributed by atoms with E-state index in [0.29, 0.717) is 22.7 Å². The van der Waals surface area contributed by atoms with E-state index in [1.807, 2.05) is 13.0 Å². The van der Waals surface area contributed by atoms with Gasteiger partial charge in [0.2, 0.25) is 0 Å². The van der Waals surface area contributed by atoms with Gasteiger partial charge in [0.05, 0.1) is 5.56 Å². The Morgan fingerprint density at radius 2 is 2.00 bits per heavy atom. The fourth-order valence-electron chi connectivity index (χ4n) is 2.87. The Kier molecular flexibility index (Phi) is 5.48. The second-order valence-electron chi connectivity index (χ2n) is 5.70. The Morgan fingerprint density at radius 1 is 1.33 bits per heavy atom. The predicted molar refractivity (Wildman–Crippen MR) is 87.7 cm³/mol. The highest BCUT2D eigenvalue weighted by Gasteiger charge is 2.27. The second kappa shape index (κ2) is 7.14. The summed E-state index contributed by atoms with van der Waals surface area (Å²) >= 11 is 6.04. The lowest BCUT2D eigenvalue weighted by atomic mass is 10.00. The lowest BCUT2D eigenvalue weighted by Crippen LogP contribution is -2.54. The van der Waals surface area contributed by atoms with Crippen LogP contribution in [0.3, 0.4) is 0 Å². The molecule has 1 aromatic rings. The molecule has 0 saturated carbocycles. The van der Waals surface area contributed by atoms with Crippen LogP contribution in [0.5, 0.6) is 0 Å². The van der Waals surface area contributed by atoms with Crippen molar-refractivity contribution in [3.8, 4) is 0 Å². The number of nitrogens with one attached hydrogen (secondary N) is 2. The summed E-state index contributed by atoms with van der Waals surface area (Å²) in [5.74, 6) is -0.103. The van der Waals surface area contributed by atoms with E-state index in [2.05, 4.69) is 29.6 Å². The molecule has 1 saturated heterocycles. The molecule has 1 amide bonds. The van der Waals surface area contributed by atoms with Gasteiger partial charge in [0.15, 0.2) is 0 Å². The monoisotopic (exact) mass is 309 g/mol. The molecule has 2 rings (SSSR count). The van der Waals surface area contributed by atoms with Gasteiger partial charge < -0.3 is 5.32 Å². The maximum atomic E-state index is 12.6. The van der Waals surface area contributed by atoms with E-state index in [1.165, 1.54) is 6.42 Å². The van der Waals surface area contributed by atoms with Crippen molar-refractivity contribution < 1.29 is 4.79 Å². The Labute approximate surface area is 131 Å². The van der Waals surface area contributed by atoms with Crippen LogP contribution in [-0.4, -0.2) is 29.5 Å². The normalized spacial score (nSPS) is 22.9. The highest BCUT2D eigenvalue weighted by atomic mass is 35.5. The molecule has 1 fully saturated rings. The van der Waals surface area contributed by atoms with E-state index in [4.69, 9.17) is 11.6 Å². The van der Waals surface area contributed by atoms with Crippen molar-refractivity contribution in [2.75, 3.05) is 11.9 Å². The zero-order chi connectivity index (χ0) is 15.4. The number of hydrogen-bond donors (Lipinski definition) is 2. The minimum Gasteiger partial charge on any atom is -0.385 e. The molecule has 0 aromatic heterocycles. The third-order valence-corrected chi connectivity index (χ3v) is 4.25. The standard InChI is InChI=1S/C16H24ClN3O/c1-4-18-15-9-8-13(17)10-14(15)16(21)19-20-11(2)6-5-7-12(20)3/h8-12,18H,4-7H2,1-3H3,(H,19,21). The van der Waals surface area contributed by atoms with Crippen molar-refractivity contribution in [3.63, 3.8) is 0 Å². The highest BCUT2D eigenvalue weighted by Crippen LogP contribution is 2.23. The first kappa shape index (κ1) is 16.1. The van der Waals surface area contributed by atoms with Gasteiger partial charge in [0, 0.05) is 29.3 Å². The maximum Gasteiger partial charge on any atom is 0.267 e. The van der Waals surface area contributed by atoms with E-state index in [-0.39, 0.29) is 5.91 Å². The summed E-state index contributed by atoms with van der Waals surface area (Å²) in [5.41, 5.74) is 4.46. The molecule has 0 radical (unpaired) electrons. The van der Waals surface area contributed by atoms with Gasteiger partial charge in [-0.25, -0.2) is 5.01 Å². The van der Waals surface area contributed by atoms with E-state index < -0.39 is 0 Å². The minimum atomic E-state index is -0.103. The number of piperidine rings is 1. The Morgan fingerprint density at radius 3 is 2.62 bits per heavy atom. The molecule has 116 valence electrons. The van der Waals surface area contributed by atoms with Gasteiger partial charge in [0.25, 0.3) is 5.91 Å². The zero-order valence-electron chi connectivity index (χ0n) is 12.9. The molecule has 0 bridgehead atoms. The van der Waals surface area contributed by atoms with Crippen LogP contribution in [0.4, 0.5) is 5.69 Å². The highest BCUT2D eigenvalue weighted by molar-refractivity contribution is 6.31. The molecule has 4 nitrogen and oxygen atoms in total. The van der Waals surface area contributed by atoms with Gasteiger partial charge in [-0.2, -0.15) is 0 Å². The van der Waals surface area contributed by atoms with Crippen molar-refractivity contribution in [3.05, 3.63) is 28.8 Å². The summed E-state index contributed by atoms with van der Waals surface area (Å²) in [4.78, 5) is 12.6. The van der Waals surface area contributed by atoms with Crippen LogP contribution in [0.2, 0.25) is 5.02 Å². The summed E-state index contributed by atoms with van der Waals surface area (Å²) < 4.78 is 0. The van der Waals surface area contributed by atoms with Gasteiger partial charge in [0.1, 0.15) is 0 Å². The van der Waals surface area contributed by atoms with Gasteiger partial charge in [-0.1, -0.05) is 18.0 Å². The average Bonchev–Trinajstić information content (AvgIpc) is 2.45. The van der Waals surface area contributed by atoms with Gasteiger partial charge >= 0.3 is 0 Å². The van der Waals surface area contributed by atoms with Crippen LogP contribution in [-0.2, 0) is 0 Å². The van der Waals surface area contributed by atoms with Gasteiger partial charge in [-0.15, -0.1) is 0 Å². The Balaban J connectivity index is 2.17. The first-order chi connectivity index (χ1) is 10.0. The van der Waals surface area contributed by atoms with Crippen LogP contribution >= 0.6 is 11.6 Å². The fraction of sp³-hybridized carbons (Fsp3) is 0.562. The predicted octanol–water partition coefficient (Wildman–Crippen LogP) is 3.68. The largest absolute Gasteiger partial charge is 0.385 e. The molecular formula is C16H24ClN3O. The first-order valence-electron chi connectivity index (χ1n) is 7.65.